The van der Waals surface area contributed by atoms with Gasteiger partial charge < -0.3 is 4.42 Å². The Kier molecular flexibility index (Phi) is 1.79. The lowest BCUT2D eigenvalue weighted by Crippen LogP contribution is -2.08. The van der Waals surface area contributed by atoms with Gasteiger partial charge in [-0.1, -0.05) is 20.8 Å². The van der Waals surface area contributed by atoms with E-state index in [4.69, 9.17) is 4.42 Å². The fraction of sp³-hybridized carbons (Fsp3) is 0.625. The van der Waals surface area contributed by atoms with E-state index in [-0.39, 0.29) is 0 Å². The first-order valence-corrected chi connectivity index (χ1v) is 3.45. The maximum absolute atomic E-state index is 5.10. The van der Waals surface area contributed by atoms with Crippen molar-refractivity contribution in [1.29, 1.82) is 0 Å². The highest BCUT2D eigenvalue weighted by Crippen LogP contribution is 2.19. The van der Waals surface area contributed by atoms with Gasteiger partial charge in [-0.2, -0.15) is 0 Å². The Morgan fingerprint density at radius 1 is 1.50 bits per heavy atom. The van der Waals surface area contributed by atoms with Crippen LogP contribution in [-0.2, 0) is 6.42 Å². The molecule has 0 aromatic carbocycles. The lowest BCUT2D eigenvalue weighted by molar-refractivity contribution is 0.362. The standard InChI is InChI=1S/C8H13NO/c1-8(2,3)4-7-5-9-6-10-7/h5-6H,4H2,1-3H3. The smallest absolute Gasteiger partial charge is 0.180 e. The van der Waals surface area contributed by atoms with Crippen LogP contribution in [0.1, 0.15) is 26.5 Å². The molecule has 0 atom stereocenters. The molecule has 2 heteroatoms. The van der Waals surface area contributed by atoms with Crippen LogP contribution in [-0.4, -0.2) is 4.98 Å². The lowest BCUT2D eigenvalue weighted by Gasteiger charge is -2.14. The van der Waals surface area contributed by atoms with Crippen LogP contribution in [0.25, 0.3) is 0 Å². The number of oxazole rings is 1. The van der Waals surface area contributed by atoms with Gasteiger partial charge in [-0.15, -0.1) is 0 Å². The molecule has 1 aromatic heterocycles. The van der Waals surface area contributed by atoms with Gasteiger partial charge in [0.25, 0.3) is 0 Å². The van der Waals surface area contributed by atoms with Crippen LogP contribution in [0.2, 0.25) is 0 Å². The van der Waals surface area contributed by atoms with Crippen LogP contribution in [0.15, 0.2) is 17.0 Å². The van der Waals surface area contributed by atoms with Gasteiger partial charge in [0.05, 0.1) is 6.20 Å². The van der Waals surface area contributed by atoms with Crippen LogP contribution in [0.4, 0.5) is 0 Å². The Morgan fingerprint density at radius 2 is 2.20 bits per heavy atom. The molecular weight excluding hydrogens is 126 g/mol. The van der Waals surface area contributed by atoms with Crippen molar-refractivity contribution in [3.05, 3.63) is 18.4 Å². The topological polar surface area (TPSA) is 26.0 Å². The Hall–Kier alpha value is -0.790. The van der Waals surface area contributed by atoms with Crippen LogP contribution in [0.3, 0.4) is 0 Å². The van der Waals surface area contributed by atoms with Crippen LogP contribution >= 0.6 is 0 Å². The van der Waals surface area contributed by atoms with E-state index in [2.05, 4.69) is 25.8 Å². The fourth-order valence-corrected chi connectivity index (χ4v) is 0.852. The molecule has 56 valence electrons. The van der Waals surface area contributed by atoms with Gasteiger partial charge in [-0.3, -0.25) is 0 Å². The van der Waals surface area contributed by atoms with Gasteiger partial charge in [-0.25, -0.2) is 4.98 Å². The van der Waals surface area contributed by atoms with Crippen LogP contribution in [0, 0.1) is 5.41 Å². The largest absolute Gasteiger partial charge is 0.449 e. The summed E-state index contributed by atoms with van der Waals surface area (Å²) in [5.41, 5.74) is 0.291. The molecule has 0 spiro atoms. The Balaban J connectivity index is 2.57. The molecule has 0 amide bonds. The van der Waals surface area contributed by atoms with Crippen LogP contribution in [0.5, 0.6) is 0 Å². The van der Waals surface area contributed by atoms with Crippen molar-refractivity contribution < 1.29 is 4.42 Å². The SMILES string of the molecule is CC(C)(C)Cc1cnco1. The van der Waals surface area contributed by atoms with Gasteiger partial charge >= 0.3 is 0 Å². The normalized spacial score (nSPS) is 11.9. The molecule has 0 fully saturated rings. The van der Waals surface area contributed by atoms with Crippen molar-refractivity contribution in [1.82, 2.24) is 4.98 Å². The van der Waals surface area contributed by atoms with E-state index in [9.17, 15) is 0 Å². The first-order chi connectivity index (χ1) is 4.58. The highest BCUT2D eigenvalue weighted by atomic mass is 16.3. The number of nitrogens with zero attached hydrogens (tertiary/aromatic N) is 1. The van der Waals surface area contributed by atoms with E-state index in [1.165, 1.54) is 6.39 Å². The summed E-state index contributed by atoms with van der Waals surface area (Å²) in [7, 11) is 0. The first-order valence-electron chi connectivity index (χ1n) is 3.45. The molecule has 0 bridgehead atoms. The van der Waals surface area contributed by atoms with E-state index >= 15 is 0 Å². The first kappa shape index (κ1) is 7.32. The number of hydrogen-bond acceptors (Lipinski definition) is 2. The van der Waals surface area contributed by atoms with Crippen molar-refractivity contribution in [2.24, 2.45) is 5.41 Å². The molecule has 0 N–H and O–H groups in total. The van der Waals surface area contributed by atoms with Crippen molar-refractivity contribution in [2.45, 2.75) is 27.2 Å². The molecule has 0 aliphatic heterocycles. The maximum atomic E-state index is 5.10. The van der Waals surface area contributed by atoms with Gasteiger partial charge in [-0.05, 0) is 5.41 Å². The summed E-state index contributed by atoms with van der Waals surface area (Å²) >= 11 is 0. The molecular formula is C8H13NO. The van der Waals surface area contributed by atoms with E-state index in [1.807, 2.05) is 0 Å². The maximum Gasteiger partial charge on any atom is 0.180 e. The van der Waals surface area contributed by atoms with Gasteiger partial charge in [0.1, 0.15) is 5.76 Å². The predicted octanol–water partition coefficient (Wildman–Crippen LogP) is 2.26. The summed E-state index contributed by atoms with van der Waals surface area (Å²) in [6.45, 7) is 6.53. The predicted molar refractivity (Wildman–Crippen MR) is 39.7 cm³/mol. The van der Waals surface area contributed by atoms with Crippen molar-refractivity contribution in [3.63, 3.8) is 0 Å². The Morgan fingerprint density at radius 3 is 2.60 bits per heavy atom. The highest BCUT2D eigenvalue weighted by molar-refractivity contribution is 4.91. The van der Waals surface area contributed by atoms with Gasteiger partial charge in [0.15, 0.2) is 6.39 Å². The second-order valence-corrected chi connectivity index (χ2v) is 3.71. The monoisotopic (exact) mass is 139 g/mol. The van der Waals surface area contributed by atoms with Crippen molar-refractivity contribution in [3.8, 4) is 0 Å². The molecule has 0 radical (unpaired) electrons. The summed E-state index contributed by atoms with van der Waals surface area (Å²) < 4.78 is 5.10. The average Bonchev–Trinajstić information content (AvgIpc) is 2.12. The van der Waals surface area contributed by atoms with E-state index < -0.39 is 0 Å². The highest BCUT2D eigenvalue weighted by Gasteiger charge is 2.12. The summed E-state index contributed by atoms with van der Waals surface area (Å²) in [6, 6.07) is 0. The molecule has 0 saturated heterocycles. The molecule has 0 aliphatic rings. The quantitative estimate of drug-likeness (QED) is 0.596. The zero-order valence-corrected chi connectivity index (χ0v) is 6.72. The molecule has 0 unspecified atom stereocenters. The molecule has 10 heavy (non-hydrogen) atoms. The number of aromatic nitrogens is 1. The van der Waals surface area contributed by atoms with E-state index in [1.54, 1.807) is 6.20 Å². The molecule has 0 aliphatic carbocycles. The van der Waals surface area contributed by atoms with Crippen LogP contribution < -0.4 is 0 Å². The summed E-state index contributed by atoms with van der Waals surface area (Å²) in [5, 5.41) is 0. The minimum absolute atomic E-state index is 0.291. The number of hydrogen-bond donors (Lipinski definition) is 0. The lowest BCUT2D eigenvalue weighted by atomic mass is 9.91. The molecule has 1 aromatic rings. The molecule has 1 heterocycles. The molecule has 0 saturated carbocycles. The van der Waals surface area contributed by atoms with Crippen molar-refractivity contribution in [2.75, 3.05) is 0 Å². The molecule has 2 nitrogen and oxygen atoms in total. The Bertz CT molecular complexity index is 184. The van der Waals surface area contributed by atoms with E-state index in [0.717, 1.165) is 12.2 Å². The third kappa shape index (κ3) is 2.21. The van der Waals surface area contributed by atoms with E-state index in [0.29, 0.717) is 5.41 Å². The van der Waals surface area contributed by atoms with Gasteiger partial charge in [0.2, 0.25) is 0 Å². The third-order valence-corrected chi connectivity index (χ3v) is 1.19. The summed E-state index contributed by atoms with van der Waals surface area (Å²) in [5.74, 6) is 0.965. The second kappa shape index (κ2) is 2.45. The number of rotatable bonds is 1. The third-order valence-electron chi connectivity index (χ3n) is 1.19. The van der Waals surface area contributed by atoms with Gasteiger partial charge in [0, 0.05) is 6.42 Å². The average molecular weight is 139 g/mol. The molecule has 1 rings (SSSR count). The fourth-order valence-electron chi connectivity index (χ4n) is 0.852. The minimum Gasteiger partial charge on any atom is -0.449 e. The van der Waals surface area contributed by atoms with Crippen molar-refractivity contribution >= 4 is 0 Å². The summed E-state index contributed by atoms with van der Waals surface area (Å²) in [6.07, 6.45) is 4.19. The zero-order chi connectivity index (χ0) is 7.61. The Labute approximate surface area is 61.3 Å². The minimum atomic E-state index is 0.291. The zero-order valence-electron chi connectivity index (χ0n) is 6.72. The summed E-state index contributed by atoms with van der Waals surface area (Å²) in [4.78, 5) is 3.84. The second-order valence-electron chi connectivity index (χ2n) is 3.71.